The largest absolute Gasteiger partial charge is 0.508 e. The number of hydrogen-bond donors (Lipinski definition) is 1. The molecule has 84 valence electrons. The van der Waals surface area contributed by atoms with E-state index < -0.39 is 0 Å². The van der Waals surface area contributed by atoms with Crippen LogP contribution >= 0.6 is 0 Å². The van der Waals surface area contributed by atoms with E-state index in [-0.39, 0.29) is 0 Å². The van der Waals surface area contributed by atoms with Crippen molar-refractivity contribution in [2.45, 2.75) is 12.8 Å². The summed E-state index contributed by atoms with van der Waals surface area (Å²) < 4.78 is 0. The van der Waals surface area contributed by atoms with E-state index in [4.69, 9.17) is 5.26 Å². The zero-order chi connectivity index (χ0) is 12.1. The first-order valence-corrected chi connectivity index (χ1v) is 5.56. The summed E-state index contributed by atoms with van der Waals surface area (Å²) in [6.45, 7) is 0. The molecule has 0 aliphatic carbocycles. The van der Waals surface area contributed by atoms with E-state index in [9.17, 15) is 5.11 Å². The van der Waals surface area contributed by atoms with Crippen molar-refractivity contribution in [1.82, 2.24) is 0 Å². The van der Waals surface area contributed by atoms with Gasteiger partial charge in [-0.15, -0.1) is 0 Å². The summed E-state index contributed by atoms with van der Waals surface area (Å²) in [6.07, 6.45) is 1.51. The second-order valence-corrected chi connectivity index (χ2v) is 3.90. The van der Waals surface area contributed by atoms with Gasteiger partial charge in [0.05, 0.1) is 11.6 Å². The highest BCUT2D eigenvalue weighted by molar-refractivity contribution is 5.39. The standard InChI is InChI=1S/C15H13NO/c16-11-14-7-2-1-5-12(14)9-10-13-6-3-4-8-15(13)17/h1-8,17H,9-10H2. The zero-order valence-electron chi connectivity index (χ0n) is 9.43. The van der Waals surface area contributed by atoms with Gasteiger partial charge in [0.2, 0.25) is 0 Å². The van der Waals surface area contributed by atoms with Crippen LogP contribution in [0.4, 0.5) is 0 Å². The van der Waals surface area contributed by atoms with Gasteiger partial charge in [-0.1, -0.05) is 36.4 Å². The molecule has 0 amide bonds. The molecule has 0 fully saturated rings. The van der Waals surface area contributed by atoms with Gasteiger partial charge in [0.25, 0.3) is 0 Å². The third kappa shape index (κ3) is 2.64. The molecule has 0 spiro atoms. The molecule has 0 aliphatic rings. The molecule has 2 rings (SSSR count). The van der Waals surface area contributed by atoms with E-state index in [2.05, 4.69) is 6.07 Å². The minimum absolute atomic E-state index is 0.321. The normalized spacial score (nSPS) is 9.82. The minimum atomic E-state index is 0.321. The Balaban J connectivity index is 2.13. The highest BCUT2D eigenvalue weighted by Crippen LogP contribution is 2.19. The molecule has 2 heteroatoms. The van der Waals surface area contributed by atoms with Crippen LogP contribution in [-0.2, 0) is 12.8 Å². The van der Waals surface area contributed by atoms with E-state index in [1.165, 1.54) is 0 Å². The monoisotopic (exact) mass is 223 g/mol. The first kappa shape index (κ1) is 11.2. The Morgan fingerprint density at radius 1 is 0.882 bits per heavy atom. The first-order valence-electron chi connectivity index (χ1n) is 5.56. The molecule has 0 bridgehead atoms. The van der Waals surface area contributed by atoms with Crippen molar-refractivity contribution in [1.29, 1.82) is 5.26 Å². The second kappa shape index (κ2) is 5.18. The number of rotatable bonds is 3. The number of nitriles is 1. The number of para-hydroxylation sites is 1. The lowest BCUT2D eigenvalue weighted by Gasteiger charge is -2.05. The van der Waals surface area contributed by atoms with Crippen molar-refractivity contribution in [2.75, 3.05) is 0 Å². The Bertz CT molecular complexity index is 555. The molecule has 0 radical (unpaired) electrons. The van der Waals surface area contributed by atoms with Crippen molar-refractivity contribution in [3.8, 4) is 11.8 Å². The van der Waals surface area contributed by atoms with Gasteiger partial charge in [-0.2, -0.15) is 5.26 Å². The molecular formula is C15H13NO. The lowest BCUT2D eigenvalue weighted by atomic mass is 10.00. The van der Waals surface area contributed by atoms with E-state index in [0.29, 0.717) is 11.3 Å². The van der Waals surface area contributed by atoms with Crippen LogP contribution in [0, 0.1) is 11.3 Å². The van der Waals surface area contributed by atoms with Crippen LogP contribution in [0.3, 0.4) is 0 Å². The lowest BCUT2D eigenvalue weighted by molar-refractivity contribution is 0.468. The third-order valence-electron chi connectivity index (χ3n) is 2.79. The minimum Gasteiger partial charge on any atom is -0.508 e. The SMILES string of the molecule is N#Cc1ccccc1CCc1ccccc1O. The fraction of sp³-hybridized carbons (Fsp3) is 0.133. The molecule has 0 saturated carbocycles. The number of aryl methyl sites for hydroxylation is 2. The van der Waals surface area contributed by atoms with E-state index in [1.54, 1.807) is 6.07 Å². The van der Waals surface area contributed by atoms with Crippen LogP contribution in [-0.4, -0.2) is 5.11 Å². The summed E-state index contributed by atoms with van der Waals surface area (Å²) in [5, 5.41) is 18.6. The average Bonchev–Trinajstić information content (AvgIpc) is 2.38. The third-order valence-corrected chi connectivity index (χ3v) is 2.79. The maximum Gasteiger partial charge on any atom is 0.118 e. The molecule has 0 atom stereocenters. The van der Waals surface area contributed by atoms with E-state index >= 15 is 0 Å². The van der Waals surface area contributed by atoms with E-state index in [0.717, 1.165) is 24.0 Å². The van der Waals surface area contributed by atoms with E-state index in [1.807, 2.05) is 42.5 Å². The predicted molar refractivity (Wildman–Crippen MR) is 66.7 cm³/mol. The number of phenolic OH excluding ortho intramolecular Hbond substituents is 1. The fourth-order valence-electron chi connectivity index (χ4n) is 1.84. The molecule has 1 N–H and O–H groups in total. The van der Waals surface area contributed by atoms with Gasteiger partial charge in [-0.25, -0.2) is 0 Å². The van der Waals surface area contributed by atoms with Gasteiger partial charge in [-0.3, -0.25) is 0 Å². The Hall–Kier alpha value is -2.27. The van der Waals surface area contributed by atoms with Crippen molar-refractivity contribution < 1.29 is 5.11 Å². The quantitative estimate of drug-likeness (QED) is 0.869. The predicted octanol–water partition coefficient (Wildman–Crippen LogP) is 3.05. The maximum absolute atomic E-state index is 9.65. The molecule has 0 heterocycles. The number of aromatic hydroxyl groups is 1. The van der Waals surface area contributed by atoms with Gasteiger partial charge in [0, 0.05) is 0 Å². The van der Waals surface area contributed by atoms with Crippen LogP contribution in [0.25, 0.3) is 0 Å². The van der Waals surface area contributed by atoms with Crippen molar-refractivity contribution in [3.63, 3.8) is 0 Å². The zero-order valence-corrected chi connectivity index (χ0v) is 9.43. The lowest BCUT2D eigenvalue weighted by Crippen LogP contribution is -1.94. The Labute approximate surface area is 101 Å². The summed E-state index contributed by atoms with van der Waals surface area (Å²) in [4.78, 5) is 0. The van der Waals surface area contributed by atoms with Crippen molar-refractivity contribution in [2.24, 2.45) is 0 Å². The summed E-state index contributed by atoms with van der Waals surface area (Å²) in [5.74, 6) is 0.321. The fourth-order valence-corrected chi connectivity index (χ4v) is 1.84. The molecule has 0 aromatic heterocycles. The maximum atomic E-state index is 9.65. The number of hydrogen-bond acceptors (Lipinski definition) is 2. The number of benzene rings is 2. The molecule has 0 unspecified atom stereocenters. The molecule has 2 nitrogen and oxygen atoms in total. The van der Waals surface area contributed by atoms with Crippen LogP contribution in [0.15, 0.2) is 48.5 Å². The van der Waals surface area contributed by atoms with Crippen LogP contribution < -0.4 is 0 Å². The molecule has 2 aromatic rings. The average molecular weight is 223 g/mol. The highest BCUT2D eigenvalue weighted by atomic mass is 16.3. The topological polar surface area (TPSA) is 44.0 Å². The Morgan fingerprint density at radius 3 is 2.18 bits per heavy atom. The van der Waals surface area contributed by atoms with Gasteiger partial charge in [0.1, 0.15) is 5.75 Å². The summed E-state index contributed by atoms with van der Waals surface area (Å²) in [7, 11) is 0. The smallest absolute Gasteiger partial charge is 0.118 e. The number of phenols is 1. The molecule has 17 heavy (non-hydrogen) atoms. The van der Waals surface area contributed by atoms with Crippen LogP contribution in [0.2, 0.25) is 0 Å². The van der Waals surface area contributed by atoms with Gasteiger partial charge in [-0.05, 0) is 36.1 Å². The number of nitrogens with zero attached hydrogens (tertiary/aromatic N) is 1. The van der Waals surface area contributed by atoms with Gasteiger partial charge in [0.15, 0.2) is 0 Å². The molecule has 2 aromatic carbocycles. The first-order chi connectivity index (χ1) is 8.31. The molecular weight excluding hydrogens is 210 g/mol. The second-order valence-electron chi connectivity index (χ2n) is 3.90. The molecule has 0 saturated heterocycles. The van der Waals surface area contributed by atoms with Gasteiger partial charge < -0.3 is 5.11 Å². The van der Waals surface area contributed by atoms with Crippen LogP contribution in [0.5, 0.6) is 5.75 Å². The van der Waals surface area contributed by atoms with Gasteiger partial charge >= 0.3 is 0 Å². The summed E-state index contributed by atoms with van der Waals surface area (Å²) in [6, 6.07) is 17.1. The summed E-state index contributed by atoms with van der Waals surface area (Å²) >= 11 is 0. The molecule has 0 aliphatic heterocycles. The van der Waals surface area contributed by atoms with Crippen molar-refractivity contribution in [3.05, 3.63) is 65.2 Å². The Morgan fingerprint density at radius 2 is 1.47 bits per heavy atom. The summed E-state index contributed by atoms with van der Waals surface area (Å²) in [5.41, 5.74) is 2.65. The highest BCUT2D eigenvalue weighted by Gasteiger charge is 2.03. The Kier molecular flexibility index (Phi) is 3.42. The van der Waals surface area contributed by atoms with Crippen molar-refractivity contribution >= 4 is 0 Å². The van der Waals surface area contributed by atoms with Crippen LogP contribution in [0.1, 0.15) is 16.7 Å².